The largest absolute Gasteiger partial charge is 0.345 e. The van der Waals surface area contributed by atoms with E-state index in [9.17, 15) is 4.79 Å². The van der Waals surface area contributed by atoms with Crippen LogP contribution >= 0.6 is 0 Å². The van der Waals surface area contributed by atoms with E-state index in [4.69, 9.17) is 5.73 Å². The molecule has 0 atom stereocenters. The van der Waals surface area contributed by atoms with E-state index >= 15 is 0 Å². The molecule has 2 aromatic heterocycles. The van der Waals surface area contributed by atoms with E-state index in [1.54, 1.807) is 12.4 Å². The van der Waals surface area contributed by atoms with Crippen LogP contribution in [0.1, 0.15) is 15.9 Å². The molecule has 5 heteroatoms. The van der Waals surface area contributed by atoms with Crippen LogP contribution in [0.4, 0.5) is 5.69 Å². The number of nitrogens with two attached hydrogens (primary N) is 1. The van der Waals surface area contributed by atoms with E-state index in [0.29, 0.717) is 17.8 Å². The van der Waals surface area contributed by atoms with Gasteiger partial charge in [-0.25, -0.2) is 4.98 Å². The first kappa shape index (κ1) is 12.4. The molecule has 3 rings (SSSR count). The zero-order valence-electron chi connectivity index (χ0n) is 10.8. The number of hydrogen-bond donors (Lipinski definition) is 3. The van der Waals surface area contributed by atoms with Crippen LogP contribution in [-0.4, -0.2) is 15.9 Å². The summed E-state index contributed by atoms with van der Waals surface area (Å²) in [4.78, 5) is 19.4. The zero-order chi connectivity index (χ0) is 13.9. The molecule has 1 amide bonds. The first-order valence-electron chi connectivity index (χ1n) is 6.30. The van der Waals surface area contributed by atoms with Crippen molar-refractivity contribution in [2.45, 2.75) is 6.54 Å². The number of amides is 1. The summed E-state index contributed by atoms with van der Waals surface area (Å²) >= 11 is 0. The molecular formula is C15H14N4O. The number of carbonyl (C=O) groups excluding carboxylic acids is 1. The monoisotopic (exact) mass is 266 g/mol. The normalized spacial score (nSPS) is 10.7. The Balaban J connectivity index is 1.85. The smallest absolute Gasteiger partial charge is 0.257 e. The molecule has 1 aromatic carbocycles. The SMILES string of the molecule is NCc1ccc(NC(=O)c2c[nH]c3ncccc23)cc1. The molecule has 100 valence electrons. The van der Waals surface area contributed by atoms with Crippen LogP contribution in [0.2, 0.25) is 0 Å². The Hall–Kier alpha value is -2.66. The molecule has 0 aliphatic heterocycles. The van der Waals surface area contributed by atoms with Gasteiger partial charge < -0.3 is 16.0 Å². The van der Waals surface area contributed by atoms with Crippen molar-refractivity contribution in [3.05, 3.63) is 59.9 Å². The number of anilines is 1. The van der Waals surface area contributed by atoms with Crippen LogP contribution in [0.15, 0.2) is 48.8 Å². The fourth-order valence-corrected chi connectivity index (χ4v) is 2.07. The van der Waals surface area contributed by atoms with Gasteiger partial charge in [-0.3, -0.25) is 4.79 Å². The third-order valence-electron chi connectivity index (χ3n) is 3.14. The van der Waals surface area contributed by atoms with Crippen LogP contribution < -0.4 is 11.1 Å². The topological polar surface area (TPSA) is 83.8 Å². The average Bonchev–Trinajstić information content (AvgIpc) is 2.92. The van der Waals surface area contributed by atoms with Crippen molar-refractivity contribution in [3.63, 3.8) is 0 Å². The number of rotatable bonds is 3. The fraction of sp³-hybridized carbons (Fsp3) is 0.0667. The highest BCUT2D eigenvalue weighted by Crippen LogP contribution is 2.17. The maximum atomic E-state index is 12.3. The molecule has 0 saturated heterocycles. The number of aromatic amines is 1. The summed E-state index contributed by atoms with van der Waals surface area (Å²) in [6.45, 7) is 0.488. The van der Waals surface area contributed by atoms with E-state index in [-0.39, 0.29) is 5.91 Å². The Morgan fingerprint density at radius 3 is 2.80 bits per heavy atom. The van der Waals surface area contributed by atoms with Gasteiger partial charge in [0.05, 0.1) is 5.56 Å². The summed E-state index contributed by atoms with van der Waals surface area (Å²) in [5, 5.41) is 3.67. The van der Waals surface area contributed by atoms with Gasteiger partial charge in [0, 0.05) is 30.0 Å². The number of nitrogens with one attached hydrogen (secondary N) is 2. The molecule has 2 heterocycles. The van der Waals surface area contributed by atoms with Crippen molar-refractivity contribution >= 4 is 22.6 Å². The van der Waals surface area contributed by atoms with Gasteiger partial charge in [0.25, 0.3) is 5.91 Å². The van der Waals surface area contributed by atoms with Crippen molar-refractivity contribution in [1.29, 1.82) is 0 Å². The Morgan fingerprint density at radius 1 is 1.25 bits per heavy atom. The number of nitrogens with zero attached hydrogens (tertiary/aromatic N) is 1. The minimum absolute atomic E-state index is 0.162. The minimum atomic E-state index is -0.162. The van der Waals surface area contributed by atoms with Gasteiger partial charge in [-0.05, 0) is 29.8 Å². The van der Waals surface area contributed by atoms with E-state index in [1.165, 1.54) is 0 Å². The summed E-state index contributed by atoms with van der Waals surface area (Å²) in [5.74, 6) is -0.162. The maximum absolute atomic E-state index is 12.3. The average molecular weight is 266 g/mol. The predicted molar refractivity (Wildman–Crippen MR) is 78.4 cm³/mol. The Kier molecular flexibility index (Phi) is 3.18. The number of pyridine rings is 1. The van der Waals surface area contributed by atoms with Crippen molar-refractivity contribution in [1.82, 2.24) is 9.97 Å². The fourth-order valence-electron chi connectivity index (χ4n) is 2.07. The molecular weight excluding hydrogens is 252 g/mol. The summed E-state index contributed by atoms with van der Waals surface area (Å²) in [7, 11) is 0. The molecule has 0 aliphatic carbocycles. The summed E-state index contributed by atoms with van der Waals surface area (Å²) in [5.41, 5.74) is 8.59. The number of benzene rings is 1. The van der Waals surface area contributed by atoms with Gasteiger partial charge in [0.15, 0.2) is 0 Å². The molecule has 4 N–H and O–H groups in total. The number of hydrogen-bond acceptors (Lipinski definition) is 3. The highest BCUT2D eigenvalue weighted by atomic mass is 16.1. The van der Waals surface area contributed by atoms with Crippen LogP contribution in [0, 0.1) is 0 Å². The lowest BCUT2D eigenvalue weighted by Crippen LogP contribution is -2.11. The third kappa shape index (κ3) is 2.26. The van der Waals surface area contributed by atoms with Crippen LogP contribution in [0.3, 0.4) is 0 Å². The number of carbonyl (C=O) groups is 1. The lowest BCUT2D eigenvalue weighted by Gasteiger charge is -2.05. The molecule has 0 saturated carbocycles. The van der Waals surface area contributed by atoms with Gasteiger partial charge in [0.2, 0.25) is 0 Å². The summed E-state index contributed by atoms with van der Waals surface area (Å²) in [6, 6.07) is 11.1. The molecule has 0 bridgehead atoms. The van der Waals surface area contributed by atoms with Gasteiger partial charge >= 0.3 is 0 Å². The van der Waals surface area contributed by atoms with E-state index in [2.05, 4.69) is 15.3 Å². The van der Waals surface area contributed by atoms with Crippen molar-refractivity contribution in [3.8, 4) is 0 Å². The maximum Gasteiger partial charge on any atom is 0.257 e. The second-order valence-electron chi connectivity index (χ2n) is 4.46. The van der Waals surface area contributed by atoms with Crippen LogP contribution in [-0.2, 0) is 6.54 Å². The highest BCUT2D eigenvalue weighted by molar-refractivity contribution is 6.12. The second kappa shape index (κ2) is 5.14. The van der Waals surface area contributed by atoms with E-state index in [1.807, 2.05) is 36.4 Å². The van der Waals surface area contributed by atoms with Gasteiger partial charge in [-0.1, -0.05) is 12.1 Å². The molecule has 5 nitrogen and oxygen atoms in total. The Labute approximate surface area is 115 Å². The third-order valence-corrected chi connectivity index (χ3v) is 3.14. The number of fused-ring (bicyclic) bond motifs is 1. The van der Waals surface area contributed by atoms with Gasteiger partial charge in [-0.2, -0.15) is 0 Å². The zero-order valence-corrected chi connectivity index (χ0v) is 10.8. The highest BCUT2D eigenvalue weighted by Gasteiger charge is 2.12. The van der Waals surface area contributed by atoms with E-state index < -0.39 is 0 Å². The molecule has 0 spiro atoms. The molecule has 0 fully saturated rings. The van der Waals surface area contributed by atoms with Crippen molar-refractivity contribution < 1.29 is 4.79 Å². The summed E-state index contributed by atoms with van der Waals surface area (Å²) in [6.07, 6.45) is 3.35. The van der Waals surface area contributed by atoms with Gasteiger partial charge in [-0.15, -0.1) is 0 Å². The van der Waals surface area contributed by atoms with E-state index in [0.717, 1.165) is 16.6 Å². The molecule has 20 heavy (non-hydrogen) atoms. The quantitative estimate of drug-likeness (QED) is 0.680. The lowest BCUT2D eigenvalue weighted by molar-refractivity contribution is 0.102. The Morgan fingerprint density at radius 2 is 2.05 bits per heavy atom. The minimum Gasteiger partial charge on any atom is -0.345 e. The van der Waals surface area contributed by atoms with Crippen LogP contribution in [0.25, 0.3) is 11.0 Å². The Bertz CT molecular complexity index is 746. The predicted octanol–water partition coefficient (Wildman–Crippen LogP) is 2.27. The first-order chi connectivity index (χ1) is 9.78. The number of aromatic nitrogens is 2. The molecule has 0 unspecified atom stereocenters. The van der Waals surface area contributed by atoms with Crippen LogP contribution in [0.5, 0.6) is 0 Å². The number of H-pyrrole nitrogens is 1. The lowest BCUT2D eigenvalue weighted by atomic mass is 10.2. The molecule has 0 aliphatic rings. The van der Waals surface area contributed by atoms with Gasteiger partial charge in [0.1, 0.15) is 5.65 Å². The first-order valence-corrected chi connectivity index (χ1v) is 6.30. The standard InChI is InChI=1S/C15H14N4O/c16-8-10-3-5-11(6-4-10)19-15(20)13-9-18-14-12(13)2-1-7-17-14/h1-7,9H,8,16H2,(H,17,18)(H,19,20). The second-order valence-corrected chi connectivity index (χ2v) is 4.46. The molecule has 3 aromatic rings. The van der Waals surface area contributed by atoms with Crippen molar-refractivity contribution in [2.24, 2.45) is 5.73 Å². The molecule has 0 radical (unpaired) electrons. The van der Waals surface area contributed by atoms with Crippen molar-refractivity contribution in [2.75, 3.05) is 5.32 Å². The summed E-state index contributed by atoms with van der Waals surface area (Å²) < 4.78 is 0.